The first-order valence-electron chi connectivity index (χ1n) is 11.2. The standard InChI is InChI=1S/C25H37N3O2/c1-4-6-8-19-9-11-21(22(17-19)7-5-2)14-16-27-15-13-20-10-12-24(29)23(18-20)28-25(30)26-3/h9-12,17-18,27,29H,4-8,13-16H2,1-3H3,(H2,26,28,30). The number of carbonyl (C=O) groups is 1. The molecule has 4 N–H and O–H groups in total. The zero-order valence-electron chi connectivity index (χ0n) is 18.7. The van der Waals surface area contributed by atoms with E-state index in [2.05, 4.69) is 48.0 Å². The maximum atomic E-state index is 11.5. The van der Waals surface area contributed by atoms with Gasteiger partial charge in [0.05, 0.1) is 5.69 Å². The lowest BCUT2D eigenvalue weighted by atomic mass is 9.96. The monoisotopic (exact) mass is 411 g/mol. The lowest BCUT2D eigenvalue weighted by Crippen LogP contribution is -2.24. The van der Waals surface area contributed by atoms with E-state index in [1.165, 1.54) is 42.4 Å². The average Bonchev–Trinajstić information content (AvgIpc) is 2.75. The Morgan fingerprint density at radius 3 is 2.33 bits per heavy atom. The number of rotatable bonds is 12. The molecule has 0 radical (unpaired) electrons. The van der Waals surface area contributed by atoms with Gasteiger partial charge in [-0.3, -0.25) is 0 Å². The van der Waals surface area contributed by atoms with Gasteiger partial charge in [0.15, 0.2) is 0 Å². The van der Waals surface area contributed by atoms with Crippen LogP contribution in [0.1, 0.15) is 55.4 Å². The van der Waals surface area contributed by atoms with Gasteiger partial charge in [0.2, 0.25) is 0 Å². The van der Waals surface area contributed by atoms with Crippen molar-refractivity contribution in [2.45, 2.75) is 58.8 Å². The second kappa shape index (κ2) is 12.9. The molecule has 2 amide bonds. The fraction of sp³-hybridized carbons (Fsp3) is 0.480. The average molecular weight is 412 g/mol. The molecule has 0 bridgehead atoms. The van der Waals surface area contributed by atoms with Crippen molar-refractivity contribution in [3.63, 3.8) is 0 Å². The molecule has 2 aromatic carbocycles. The molecule has 30 heavy (non-hydrogen) atoms. The quantitative estimate of drug-likeness (QED) is 0.299. The fourth-order valence-electron chi connectivity index (χ4n) is 3.57. The van der Waals surface area contributed by atoms with Crippen LogP contribution in [-0.4, -0.2) is 31.3 Å². The molecular formula is C25H37N3O2. The van der Waals surface area contributed by atoms with Gasteiger partial charge in [-0.05, 0) is 79.6 Å². The van der Waals surface area contributed by atoms with Gasteiger partial charge in [0.25, 0.3) is 0 Å². The molecule has 164 valence electrons. The van der Waals surface area contributed by atoms with E-state index in [1.54, 1.807) is 13.1 Å². The topological polar surface area (TPSA) is 73.4 Å². The van der Waals surface area contributed by atoms with E-state index in [-0.39, 0.29) is 11.8 Å². The predicted molar refractivity (Wildman–Crippen MR) is 126 cm³/mol. The first-order valence-corrected chi connectivity index (χ1v) is 11.2. The number of urea groups is 1. The Morgan fingerprint density at radius 2 is 1.60 bits per heavy atom. The molecule has 0 aliphatic rings. The molecule has 0 saturated carbocycles. The molecule has 0 aromatic heterocycles. The number of hydrogen-bond acceptors (Lipinski definition) is 3. The van der Waals surface area contributed by atoms with E-state index in [1.807, 2.05) is 12.1 Å². The van der Waals surface area contributed by atoms with Crippen molar-refractivity contribution in [2.24, 2.45) is 0 Å². The predicted octanol–water partition coefficient (Wildman–Crippen LogP) is 4.81. The van der Waals surface area contributed by atoms with E-state index >= 15 is 0 Å². The molecule has 2 aromatic rings. The van der Waals surface area contributed by atoms with Crippen molar-refractivity contribution in [3.05, 3.63) is 58.7 Å². The minimum absolute atomic E-state index is 0.0705. The van der Waals surface area contributed by atoms with Crippen LogP contribution in [0, 0.1) is 0 Å². The Balaban J connectivity index is 1.83. The summed E-state index contributed by atoms with van der Waals surface area (Å²) in [6.07, 6.45) is 7.84. The largest absolute Gasteiger partial charge is 0.506 e. The van der Waals surface area contributed by atoms with Crippen LogP contribution in [0.5, 0.6) is 5.75 Å². The minimum Gasteiger partial charge on any atom is -0.506 e. The zero-order valence-corrected chi connectivity index (χ0v) is 18.7. The second-order valence-electron chi connectivity index (χ2n) is 7.76. The van der Waals surface area contributed by atoms with Crippen LogP contribution in [0.15, 0.2) is 36.4 Å². The van der Waals surface area contributed by atoms with Crippen molar-refractivity contribution in [2.75, 3.05) is 25.5 Å². The van der Waals surface area contributed by atoms with E-state index in [4.69, 9.17) is 0 Å². The van der Waals surface area contributed by atoms with Crippen LogP contribution >= 0.6 is 0 Å². The second-order valence-corrected chi connectivity index (χ2v) is 7.76. The molecule has 0 aliphatic carbocycles. The molecule has 5 nitrogen and oxygen atoms in total. The molecule has 0 spiro atoms. The molecule has 0 saturated heterocycles. The van der Waals surface area contributed by atoms with Crippen LogP contribution in [0.4, 0.5) is 10.5 Å². The molecule has 0 heterocycles. The van der Waals surface area contributed by atoms with Gasteiger partial charge < -0.3 is 21.1 Å². The summed E-state index contributed by atoms with van der Waals surface area (Å²) in [4.78, 5) is 11.5. The van der Waals surface area contributed by atoms with Gasteiger partial charge in [0.1, 0.15) is 5.75 Å². The first-order chi connectivity index (χ1) is 14.6. The molecule has 2 rings (SSSR count). The van der Waals surface area contributed by atoms with Crippen molar-refractivity contribution in [3.8, 4) is 5.75 Å². The summed E-state index contributed by atoms with van der Waals surface area (Å²) in [5, 5.41) is 18.5. The van der Waals surface area contributed by atoms with Gasteiger partial charge in [-0.25, -0.2) is 4.79 Å². The summed E-state index contributed by atoms with van der Waals surface area (Å²) in [5.41, 5.74) is 5.91. The normalized spacial score (nSPS) is 10.8. The Bertz CT molecular complexity index is 805. The number of unbranched alkanes of at least 4 members (excludes halogenated alkanes) is 1. The Kier molecular flexibility index (Phi) is 10.2. The van der Waals surface area contributed by atoms with Crippen LogP contribution in [0.2, 0.25) is 0 Å². The maximum absolute atomic E-state index is 11.5. The Labute approximate surface area is 181 Å². The van der Waals surface area contributed by atoms with Gasteiger partial charge in [-0.2, -0.15) is 0 Å². The zero-order chi connectivity index (χ0) is 21.8. The molecule has 5 heteroatoms. The number of nitrogens with one attached hydrogen (secondary N) is 3. The number of aryl methyl sites for hydroxylation is 2. The summed E-state index contributed by atoms with van der Waals surface area (Å²) >= 11 is 0. The SMILES string of the molecule is CCCCc1ccc(CCNCCc2ccc(O)c(NC(=O)NC)c2)c(CCC)c1. The lowest BCUT2D eigenvalue weighted by Gasteiger charge is -2.13. The van der Waals surface area contributed by atoms with Crippen molar-refractivity contribution in [1.82, 2.24) is 10.6 Å². The molecule has 0 aliphatic heterocycles. The summed E-state index contributed by atoms with van der Waals surface area (Å²) < 4.78 is 0. The maximum Gasteiger partial charge on any atom is 0.319 e. The van der Waals surface area contributed by atoms with Crippen LogP contribution in [0.3, 0.4) is 0 Å². The van der Waals surface area contributed by atoms with Crippen LogP contribution in [0.25, 0.3) is 0 Å². The summed E-state index contributed by atoms with van der Waals surface area (Å²) in [5.74, 6) is 0.0705. The summed E-state index contributed by atoms with van der Waals surface area (Å²) in [6.45, 7) is 6.27. The number of benzene rings is 2. The number of carbonyl (C=O) groups excluding carboxylic acids is 1. The smallest absolute Gasteiger partial charge is 0.319 e. The number of phenolic OH excluding ortho intramolecular Hbond substituents is 1. The third kappa shape index (κ3) is 7.71. The number of phenols is 1. The van der Waals surface area contributed by atoms with Gasteiger partial charge >= 0.3 is 6.03 Å². The first kappa shape index (κ1) is 23.7. The van der Waals surface area contributed by atoms with Crippen LogP contribution < -0.4 is 16.0 Å². The molecule has 0 atom stereocenters. The Hall–Kier alpha value is -2.53. The lowest BCUT2D eigenvalue weighted by molar-refractivity contribution is 0.254. The highest BCUT2D eigenvalue weighted by Gasteiger charge is 2.07. The van der Waals surface area contributed by atoms with Crippen molar-refractivity contribution >= 4 is 11.7 Å². The highest BCUT2D eigenvalue weighted by molar-refractivity contribution is 5.90. The van der Waals surface area contributed by atoms with E-state index in [9.17, 15) is 9.90 Å². The molecule has 0 fully saturated rings. The fourth-order valence-corrected chi connectivity index (χ4v) is 3.57. The minimum atomic E-state index is -0.343. The third-order valence-electron chi connectivity index (χ3n) is 5.31. The third-order valence-corrected chi connectivity index (χ3v) is 5.31. The number of amides is 2. The van der Waals surface area contributed by atoms with Crippen molar-refractivity contribution < 1.29 is 9.90 Å². The van der Waals surface area contributed by atoms with Crippen molar-refractivity contribution in [1.29, 1.82) is 0 Å². The molecule has 0 unspecified atom stereocenters. The van der Waals surface area contributed by atoms with Gasteiger partial charge in [-0.1, -0.05) is 51.0 Å². The number of anilines is 1. The highest BCUT2D eigenvalue weighted by Crippen LogP contribution is 2.24. The summed E-state index contributed by atoms with van der Waals surface area (Å²) in [7, 11) is 1.55. The highest BCUT2D eigenvalue weighted by atomic mass is 16.3. The summed E-state index contributed by atoms with van der Waals surface area (Å²) in [6, 6.07) is 12.0. The number of aromatic hydroxyl groups is 1. The molecular weight excluding hydrogens is 374 g/mol. The number of hydrogen-bond donors (Lipinski definition) is 4. The Morgan fingerprint density at radius 1 is 0.867 bits per heavy atom. The van der Waals surface area contributed by atoms with Crippen LogP contribution in [-0.2, 0) is 25.7 Å². The van der Waals surface area contributed by atoms with Gasteiger partial charge in [-0.15, -0.1) is 0 Å². The van der Waals surface area contributed by atoms with Gasteiger partial charge in [0, 0.05) is 7.05 Å². The van der Waals surface area contributed by atoms with E-state index in [0.717, 1.165) is 37.9 Å². The van der Waals surface area contributed by atoms with E-state index in [0.29, 0.717) is 5.69 Å². The van der Waals surface area contributed by atoms with E-state index < -0.39 is 0 Å².